The summed E-state index contributed by atoms with van der Waals surface area (Å²) in [6.45, 7) is 3.43. The number of hydrogen-bond donors (Lipinski definition) is 1. The van der Waals surface area contributed by atoms with Gasteiger partial charge in [0.15, 0.2) is 0 Å². The van der Waals surface area contributed by atoms with E-state index < -0.39 is 0 Å². The second-order valence-electron chi connectivity index (χ2n) is 6.34. The first-order valence-corrected chi connectivity index (χ1v) is 7.63. The monoisotopic (exact) mass is 259 g/mol. The van der Waals surface area contributed by atoms with Crippen molar-refractivity contribution in [3.05, 3.63) is 29.8 Å². The normalized spacial score (nSPS) is 30.5. The first-order chi connectivity index (χ1) is 9.26. The number of hydrogen-bond acceptors (Lipinski definition) is 2. The van der Waals surface area contributed by atoms with Crippen molar-refractivity contribution in [2.75, 3.05) is 13.7 Å². The molecule has 1 aromatic carbocycles. The van der Waals surface area contributed by atoms with Crippen molar-refractivity contribution >= 4 is 0 Å². The minimum absolute atomic E-state index is 0.411. The molecule has 3 rings (SSSR count). The van der Waals surface area contributed by atoms with Crippen LogP contribution in [0.2, 0.25) is 0 Å². The van der Waals surface area contributed by atoms with E-state index in [-0.39, 0.29) is 0 Å². The van der Waals surface area contributed by atoms with Crippen LogP contribution < -0.4 is 10.1 Å². The number of nitrogens with one attached hydrogen (secondary N) is 1. The van der Waals surface area contributed by atoms with Gasteiger partial charge in [0.2, 0.25) is 0 Å². The zero-order chi connectivity index (χ0) is 13.2. The average Bonchev–Trinajstić information content (AvgIpc) is 3.07. The number of benzene rings is 1. The van der Waals surface area contributed by atoms with Gasteiger partial charge in [-0.1, -0.05) is 18.6 Å². The molecule has 2 fully saturated rings. The summed E-state index contributed by atoms with van der Waals surface area (Å²) in [4.78, 5) is 0. The van der Waals surface area contributed by atoms with E-state index in [2.05, 4.69) is 30.4 Å². The molecule has 2 saturated carbocycles. The summed E-state index contributed by atoms with van der Waals surface area (Å²) in [5.74, 6) is 3.93. The highest BCUT2D eigenvalue weighted by Crippen LogP contribution is 2.48. The van der Waals surface area contributed by atoms with Crippen LogP contribution in [0.1, 0.15) is 44.2 Å². The summed E-state index contributed by atoms with van der Waals surface area (Å²) in [6, 6.07) is 8.81. The molecular weight excluding hydrogens is 234 g/mol. The molecule has 0 saturated heterocycles. The fourth-order valence-electron chi connectivity index (χ4n) is 3.98. The molecule has 0 amide bonds. The van der Waals surface area contributed by atoms with Crippen LogP contribution in [0.15, 0.2) is 24.3 Å². The number of rotatable bonds is 5. The number of fused-ring (bicyclic) bond motifs is 2. The van der Waals surface area contributed by atoms with Gasteiger partial charge >= 0.3 is 0 Å². The third-order valence-corrected chi connectivity index (χ3v) is 5.16. The molecule has 19 heavy (non-hydrogen) atoms. The fourth-order valence-corrected chi connectivity index (χ4v) is 3.98. The van der Waals surface area contributed by atoms with Crippen LogP contribution in [-0.4, -0.2) is 13.7 Å². The van der Waals surface area contributed by atoms with Crippen molar-refractivity contribution in [2.24, 2.45) is 17.8 Å². The largest absolute Gasteiger partial charge is 0.497 e. The van der Waals surface area contributed by atoms with Gasteiger partial charge in [0.1, 0.15) is 5.75 Å². The molecule has 2 nitrogen and oxygen atoms in total. The van der Waals surface area contributed by atoms with Crippen LogP contribution in [0, 0.1) is 17.8 Å². The molecule has 4 atom stereocenters. The maximum atomic E-state index is 5.30. The highest BCUT2D eigenvalue weighted by Gasteiger charge is 2.39. The Morgan fingerprint density at radius 1 is 1.32 bits per heavy atom. The molecule has 104 valence electrons. The minimum Gasteiger partial charge on any atom is -0.497 e. The highest BCUT2D eigenvalue weighted by molar-refractivity contribution is 5.30. The molecule has 0 spiro atoms. The Hall–Kier alpha value is -1.02. The topological polar surface area (TPSA) is 21.3 Å². The molecule has 2 aliphatic carbocycles. The molecule has 1 aromatic rings. The van der Waals surface area contributed by atoms with Crippen LogP contribution in [0.25, 0.3) is 0 Å². The summed E-state index contributed by atoms with van der Waals surface area (Å²) in [5, 5.41) is 3.72. The Bertz CT molecular complexity index is 431. The predicted molar refractivity (Wildman–Crippen MR) is 78.3 cm³/mol. The molecule has 0 aromatic heterocycles. The first-order valence-electron chi connectivity index (χ1n) is 7.63. The Balaban J connectivity index is 1.54. The molecule has 0 aliphatic heterocycles. The summed E-state index contributed by atoms with van der Waals surface area (Å²) in [7, 11) is 1.73. The second-order valence-corrected chi connectivity index (χ2v) is 6.34. The van der Waals surface area contributed by atoms with Crippen molar-refractivity contribution in [3.8, 4) is 5.75 Å². The lowest BCUT2D eigenvalue weighted by Gasteiger charge is -2.24. The van der Waals surface area contributed by atoms with Crippen LogP contribution in [0.5, 0.6) is 5.75 Å². The highest BCUT2D eigenvalue weighted by atomic mass is 16.5. The Morgan fingerprint density at radius 3 is 2.89 bits per heavy atom. The SMILES string of the molecule is COc1cccc([C@H](C)NCC2CC3CCC2C3)c1. The minimum atomic E-state index is 0.411. The Kier molecular flexibility index (Phi) is 3.79. The zero-order valence-electron chi connectivity index (χ0n) is 12.1. The van der Waals surface area contributed by atoms with Crippen molar-refractivity contribution < 1.29 is 4.74 Å². The van der Waals surface area contributed by atoms with E-state index in [0.717, 1.165) is 23.5 Å². The first kappa shape index (κ1) is 13.0. The maximum Gasteiger partial charge on any atom is 0.119 e. The van der Waals surface area contributed by atoms with E-state index >= 15 is 0 Å². The quantitative estimate of drug-likeness (QED) is 0.869. The van der Waals surface area contributed by atoms with E-state index in [9.17, 15) is 0 Å². The van der Waals surface area contributed by atoms with Gasteiger partial charge in [-0.05, 0) is 68.2 Å². The molecule has 0 heterocycles. The summed E-state index contributed by atoms with van der Waals surface area (Å²) >= 11 is 0. The molecular formula is C17H25NO. The van der Waals surface area contributed by atoms with Crippen molar-refractivity contribution in [1.82, 2.24) is 5.32 Å². The van der Waals surface area contributed by atoms with E-state index in [4.69, 9.17) is 4.74 Å². The predicted octanol–water partition coefficient (Wildman–Crippen LogP) is 3.78. The molecule has 2 heteroatoms. The van der Waals surface area contributed by atoms with Crippen molar-refractivity contribution in [1.29, 1.82) is 0 Å². The standard InChI is InChI=1S/C17H25NO/c1-12(14-4-3-5-17(10-14)19-2)18-11-16-9-13-6-7-15(16)8-13/h3-5,10,12-13,15-16,18H,6-9,11H2,1-2H3/t12-,13?,15?,16?/m0/s1. The van der Waals surface area contributed by atoms with Gasteiger partial charge in [-0.3, -0.25) is 0 Å². The Labute approximate surface area is 116 Å². The molecule has 0 radical (unpaired) electrons. The van der Waals surface area contributed by atoms with Gasteiger partial charge in [-0.25, -0.2) is 0 Å². The lowest BCUT2D eigenvalue weighted by atomic mass is 9.88. The molecule has 1 N–H and O–H groups in total. The van der Waals surface area contributed by atoms with Crippen molar-refractivity contribution in [3.63, 3.8) is 0 Å². The summed E-state index contributed by atoms with van der Waals surface area (Å²) < 4.78 is 5.30. The van der Waals surface area contributed by atoms with Gasteiger partial charge in [0, 0.05) is 6.04 Å². The van der Waals surface area contributed by atoms with Gasteiger partial charge < -0.3 is 10.1 Å². The van der Waals surface area contributed by atoms with E-state index in [1.54, 1.807) is 7.11 Å². The lowest BCUT2D eigenvalue weighted by molar-refractivity contribution is 0.309. The van der Waals surface area contributed by atoms with Crippen LogP contribution in [0.4, 0.5) is 0 Å². The van der Waals surface area contributed by atoms with E-state index in [1.807, 2.05) is 6.07 Å². The number of methoxy groups -OCH3 is 1. The van der Waals surface area contributed by atoms with Gasteiger partial charge in [0.05, 0.1) is 7.11 Å². The van der Waals surface area contributed by atoms with Crippen molar-refractivity contribution in [2.45, 2.75) is 38.6 Å². The van der Waals surface area contributed by atoms with Crippen LogP contribution in [0.3, 0.4) is 0 Å². The average molecular weight is 259 g/mol. The lowest BCUT2D eigenvalue weighted by Crippen LogP contribution is -2.28. The molecule has 2 bridgehead atoms. The Morgan fingerprint density at radius 2 is 2.21 bits per heavy atom. The third-order valence-electron chi connectivity index (χ3n) is 5.16. The molecule has 3 unspecified atom stereocenters. The maximum absolute atomic E-state index is 5.30. The fraction of sp³-hybridized carbons (Fsp3) is 0.647. The van der Waals surface area contributed by atoms with Gasteiger partial charge in [-0.2, -0.15) is 0 Å². The smallest absolute Gasteiger partial charge is 0.119 e. The third kappa shape index (κ3) is 2.79. The van der Waals surface area contributed by atoms with Crippen LogP contribution >= 0.6 is 0 Å². The summed E-state index contributed by atoms with van der Waals surface area (Å²) in [5.41, 5.74) is 1.32. The van der Waals surface area contributed by atoms with E-state index in [0.29, 0.717) is 6.04 Å². The van der Waals surface area contributed by atoms with Gasteiger partial charge in [-0.15, -0.1) is 0 Å². The second kappa shape index (κ2) is 5.54. The van der Waals surface area contributed by atoms with E-state index in [1.165, 1.54) is 37.8 Å². The zero-order valence-corrected chi connectivity index (χ0v) is 12.1. The number of ether oxygens (including phenoxy) is 1. The van der Waals surface area contributed by atoms with Gasteiger partial charge in [0.25, 0.3) is 0 Å². The summed E-state index contributed by atoms with van der Waals surface area (Å²) in [6.07, 6.45) is 5.93. The molecule has 2 aliphatic rings. The van der Waals surface area contributed by atoms with Crippen LogP contribution in [-0.2, 0) is 0 Å².